The van der Waals surface area contributed by atoms with Gasteiger partial charge in [0.1, 0.15) is 6.04 Å². The summed E-state index contributed by atoms with van der Waals surface area (Å²) in [5.41, 5.74) is 0.688. The molecule has 0 unspecified atom stereocenters. The third-order valence-electron chi connectivity index (χ3n) is 4.03. The quantitative estimate of drug-likeness (QED) is 0.643. The Labute approximate surface area is 161 Å². The van der Waals surface area contributed by atoms with E-state index >= 15 is 0 Å². The van der Waals surface area contributed by atoms with Gasteiger partial charge in [-0.05, 0) is 36.2 Å². The van der Waals surface area contributed by atoms with Crippen molar-refractivity contribution in [3.05, 3.63) is 54.4 Å². The van der Waals surface area contributed by atoms with Gasteiger partial charge in [0.2, 0.25) is 21.7 Å². The molecule has 0 aliphatic rings. The molecule has 10 heteroatoms. The van der Waals surface area contributed by atoms with E-state index in [2.05, 4.69) is 19.8 Å². The molecule has 0 spiro atoms. The standard InChI is InChI=1S/C18H19FN4O4S/c1-11(2)16(18-21-17(22-27-18)12-6-8-20-9-7-12)23-28(24,25)13-4-5-15(26-3)14(19)10-13/h4-11,16,23H,1-3H3/t16-/m0/s1. The molecule has 3 rings (SSSR count). The molecule has 28 heavy (non-hydrogen) atoms. The predicted molar refractivity (Wildman–Crippen MR) is 98.4 cm³/mol. The number of hydrogen-bond acceptors (Lipinski definition) is 7. The molecule has 0 aliphatic carbocycles. The third-order valence-corrected chi connectivity index (χ3v) is 5.47. The van der Waals surface area contributed by atoms with Crippen molar-refractivity contribution in [3.8, 4) is 17.1 Å². The number of sulfonamides is 1. The second kappa shape index (κ2) is 8.03. The minimum Gasteiger partial charge on any atom is -0.494 e. The summed E-state index contributed by atoms with van der Waals surface area (Å²) in [6.45, 7) is 3.61. The molecule has 0 radical (unpaired) electrons. The fourth-order valence-corrected chi connectivity index (χ4v) is 3.85. The zero-order valence-electron chi connectivity index (χ0n) is 15.5. The largest absolute Gasteiger partial charge is 0.494 e. The van der Waals surface area contributed by atoms with Gasteiger partial charge in [-0.3, -0.25) is 4.98 Å². The maximum atomic E-state index is 13.9. The summed E-state index contributed by atoms with van der Waals surface area (Å²) in [4.78, 5) is 7.99. The van der Waals surface area contributed by atoms with E-state index in [-0.39, 0.29) is 22.5 Å². The molecule has 2 heterocycles. The molecule has 1 aromatic carbocycles. The van der Waals surface area contributed by atoms with Crippen molar-refractivity contribution in [2.24, 2.45) is 5.92 Å². The number of ether oxygens (including phenoxy) is 1. The Bertz CT molecular complexity index is 1050. The van der Waals surface area contributed by atoms with Crippen LogP contribution in [-0.2, 0) is 10.0 Å². The van der Waals surface area contributed by atoms with Gasteiger partial charge in [-0.15, -0.1) is 0 Å². The first kappa shape index (κ1) is 19.9. The number of halogens is 1. The Morgan fingerprint density at radius 3 is 2.50 bits per heavy atom. The third kappa shape index (κ3) is 4.18. The Kier molecular flexibility index (Phi) is 5.71. The van der Waals surface area contributed by atoms with E-state index in [1.165, 1.54) is 19.2 Å². The lowest BCUT2D eigenvalue weighted by molar-refractivity contribution is 0.311. The van der Waals surface area contributed by atoms with Crippen LogP contribution in [0.1, 0.15) is 25.8 Å². The molecule has 8 nitrogen and oxygen atoms in total. The normalized spacial score (nSPS) is 12.9. The van der Waals surface area contributed by atoms with Gasteiger partial charge in [-0.25, -0.2) is 12.8 Å². The monoisotopic (exact) mass is 406 g/mol. The predicted octanol–water partition coefficient (Wildman–Crippen LogP) is 2.95. The molecule has 0 amide bonds. The molecule has 0 aliphatic heterocycles. The van der Waals surface area contributed by atoms with Crippen molar-refractivity contribution < 1.29 is 22.1 Å². The molecule has 0 saturated carbocycles. The number of nitrogens with one attached hydrogen (secondary N) is 1. The van der Waals surface area contributed by atoms with E-state index in [9.17, 15) is 12.8 Å². The molecular weight excluding hydrogens is 387 g/mol. The molecule has 1 N–H and O–H groups in total. The zero-order valence-corrected chi connectivity index (χ0v) is 16.3. The van der Waals surface area contributed by atoms with Crippen LogP contribution >= 0.6 is 0 Å². The van der Waals surface area contributed by atoms with Crippen molar-refractivity contribution in [2.45, 2.75) is 24.8 Å². The van der Waals surface area contributed by atoms with Gasteiger partial charge >= 0.3 is 0 Å². The summed E-state index contributed by atoms with van der Waals surface area (Å²) in [6, 6.07) is 6.04. The highest BCUT2D eigenvalue weighted by molar-refractivity contribution is 7.89. The Morgan fingerprint density at radius 1 is 1.18 bits per heavy atom. The Balaban J connectivity index is 1.89. The van der Waals surface area contributed by atoms with Crippen LogP contribution in [0.15, 0.2) is 52.1 Å². The number of aromatic nitrogens is 3. The van der Waals surface area contributed by atoms with Crippen LogP contribution in [0, 0.1) is 11.7 Å². The first-order valence-corrected chi connectivity index (χ1v) is 9.90. The molecule has 148 valence electrons. The number of methoxy groups -OCH3 is 1. The Hall–Kier alpha value is -2.85. The number of nitrogens with zero attached hydrogens (tertiary/aromatic N) is 3. The van der Waals surface area contributed by atoms with Crippen LogP contribution in [-0.4, -0.2) is 30.7 Å². The van der Waals surface area contributed by atoms with E-state index in [4.69, 9.17) is 9.26 Å². The summed E-state index contributed by atoms with van der Waals surface area (Å²) in [5, 5.41) is 3.90. The molecule has 1 atom stereocenters. The second-order valence-corrected chi connectivity index (χ2v) is 8.05. The molecule has 0 bridgehead atoms. The highest BCUT2D eigenvalue weighted by Crippen LogP contribution is 2.27. The average Bonchev–Trinajstić information content (AvgIpc) is 3.16. The van der Waals surface area contributed by atoms with Gasteiger partial charge in [-0.1, -0.05) is 19.0 Å². The van der Waals surface area contributed by atoms with Crippen molar-refractivity contribution in [1.29, 1.82) is 0 Å². The summed E-state index contributed by atoms with van der Waals surface area (Å²) in [6.07, 6.45) is 3.18. The minimum atomic E-state index is -4.04. The molecule has 0 fully saturated rings. The van der Waals surface area contributed by atoms with Gasteiger partial charge in [-0.2, -0.15) is 9.71 Å². The van der Waals surface area contributed by atoms with Gasteiger partial charge in [0.25, 0.3) is 0 Å². The first-order valence-electron chi connectivity index (χ1n) is 8.41. The van der Waals surface area contributed by atoms with Crippen LogP contribution in [0.2, 0.25) is 0 Å². The van der Waals surface area contributed by atoms with Crippen molar-refractivity contribution >= 4 is 10.0 Å². The van der Waals surface area contributed by atoms with E-state index < -0.39 is 21.9 Å². The molecular formula is C18H19FN4O4S. The summed E-state index contributed by atoms with van der Waals surface area (Å²) in [7, 11) is -2.74. The number of pyridine rings is 1. The number of hydrogen-bond donors (Lipinski definition) is 1. The maximum Gasteiger partial charge on any atom is 0.245 e. The SMILES string of the molecule is COc1ccc(S(=O)(=O)N[C@H](c2nc(-c3ccncc3)no2)C(C)C)cc1F. The van der Waals surface area contributed by atoms with E-state index in [0.29, 0.717) is 11.4 Å². The second-order valence-electron chi connectivity index (χ2n) is 6.33. The van der Waals surface area contributed by atoms with Crippen LogP contribution < -0.4 is 9.46 Å². The highest BCUT2D eigenvalue weighted by atomic mass is 32.2. The highest BCUT2D eigenvalue weighted by Gasteiger charge is 2.29. The summed E-state index contributed by atoms with van der Waals surface area (Å²) >= 11 is 0. The summed E-state index contributed by atoms with van der Waals surface area (Å²) in [5.74, 6) is -0.594. The lowest BCUT2D eigenvalue weighted by atomic mass is 10.1. The topological polar surface area (TPSA) is 107 Å². The molecule has 2 aromatic heterocycles. The average molecular weight is 406 g/mol. The van der Waals surface area contributed by atoms with Crippen molar-refractivity contribution in [1.82, 2.24) is 19.8 Å². The van der Waals surface area contributed by atoms with Crippen LogP contribution in [0.3, 0.4) is 0 Å². The Morgan fingerprint density at radius 2 is 1.89 bits per heavy atom. The number of rotatable bonds is 7. The van der Waals surface area contributed by atoms with Crippen molar-refractivity contribution in [3.63, 3.8) is 0 Å². The lowest BCUT2D eigenvalue weighted by Gasteiger charge is -2.18. The van der Waals surface area contributed by atoms with E-state index in [0.717, 1.165) is 6.07 Å². The van der Waals surface area contributed by atoms with Crippen molar-refractivity contribution in [2.75, 3.05) is 7.11 Å². The van der Waals surface area contributed by atoms with Crippen LogP contribution in [0.4, 0.5) is 4.39 Å². The van der Waals surface area contributed by atoms with Gasteiger partial charge in [0.15, 0.2) is 11.6 Å². The summed E-state index contributed by atoms with van der Waals surface area (Å²) < 4.78 is 52.0. The fraction of sp³-hybridized carbons (Fsp3) is 0.278. The minimum absolute atomic E-state index is 0.0433. The maximum absolute atomic E-state index is 13.9. The fourth-order valence-electron chi connectivity index (χ4n) is 2.50. The van der Waals surface area contributed by atoms with Crippen LogP contribution in [0.5, 0.6) is 5.75 Å². The van der Waals surface area contributed by atoms with Gasteiger partial charge in [0.05, 0.1) is 12.0 Å². The zero-order chi connectivity index (χ0) is 20.3. The smallest absolute Gasteiger partial charge is 0.245 e. The lowest BCUT2D eigenvalue weighted by Crippen LogP contribution is -2.32. The molecule has 3 aromatic rings. The van der Waals surface area contributed by atoms with E-state index in [1.807, 2.05) is 0 Å². The van der Waals surface area contributed by atoms with Crippen LogP contribution in [0.25, 0.3) is 11.4 Å². The molecule has 0 saturated heterocycles. The van der Waals surface area contributed by atoms with Gasteiger partial charge in [0, 0.05) is 18.0 Å². The number of benzene rings is 1. The first-order chi connectivity index (χ1) is 13.3. The van der Waals surface area contributed by atoms with E-state index in [1.54, 1.807) is 38.4 Å². The van der Waals surface area contributed by atoms with Gasteiger partial charge < -0.3 is 9.26 Å².